The number of amides is 2. The number of hydrogen-bond donors (Lipinski definition) is 0. The average molecular weight is 505 g/mol. The Hall–Kier alpha value is -4.54. The highest BCUT2D eigenvalue weighted by molar-refractivity contribution is 6.15. The van der Waals surface area contributed by atoms with Crippen molar-refractivity contribution in [3.63, 3.8) is 0 Å². The van der Waals surface area contributed by atoms with E-state index in [1.54, 1.807) is 50.4 Å². The Bertz CT molecular complexity index is 1480. The molecule has 0 saturated heterocycles. The smallest absolute Gasteiger partial charge is 0.314 e. The van der Waals surface area contributed by atoms with E-state index in [2.05, 4.69) is 20.2 Å². The minimum absolute atomic E-state index is 0.0812. The third-order valence-corrected chi connectivity index (χ3v) is 6.25. The predicted octanol–water partition coefficient (Wildman–Crippen LogP) is 4.60. The van der Waals surface area contributed by atoms with Crippen molar-refractivity contribution in [2.45, 2.75) is 32.2 Å². The molecule has 0 aliphatic carbocycles. The third-order valence-electron chi connectivity index (χ3n) is 6.25. The molecule has 3 aromatic heterocycles. The summed E-state index contributed by atoms with van der Waals surface area (Å²) in [5.41, 5.74) is 2.18. The molecule has 37 heavy (non-hydrogen) atoms. The minimum Gasteiger partial charge on any atom is -0.481 e. The van der Waals surface area contributed by atoms with E-state index in [-0.39, 0.29) is 18.3 Å². The molecule has 0 N–H and O–H groups in total. The molecule has 188 valence electrons. The van der Waals surface area contributed by atoms with Crippen molar-refractivity contribution in [1.82, 2.24) is 25.1 Å². The van der Waals surface area contributed by atoms with Crippen LogP contribution in [0.3, 0.4) is 0 Å². The van der Waals surface area contributed by atoms with Crippen LogP contribution in [0.25, 0.3) is 22.6 Å². The lowest BCUT2D eigenvalue weighted by atomic mass is 9.75. The third kappa shape index (κ3) is 4.22. The second kappa shape index (κ2) is 9.16. The molecule has 2 amide bonds. The van der Waals surface area contributed by atoms with Crippen molar-refractivity contribution in [3.8, 4) is 28.5 Å². The van der Waals surface area contributed by atoms with Crippen molar-refractivity contribution in [3.05, 3.63) is 77.6 Å². The van der Waals surface area contributed by atoms with E-state index >= 15 is 0 Å². The van der Waals surface area contributed by atoms with E-state index in [9.17, 15) is 18.4 Å². The Kier molecular flexibility index (Phi) is 5.98. The number of hydrogen-bond acceptors (Lipinski definition) is 8. The van der Waals surface area contributed by atoms with Gasteiger partial charge in [0, 0.05) is 24.0 Å². The molecular formula is C26H21F2N5O4. The zero-order chi connectivity index (χ0) is 26.3. The molecule has 1 aliphatic heterocycles. The summed E-state index contributed by atoms with van der Waals surface area (Å²) in [6.07, 6.45) is 0.103. The summed E-state index contributed by atoms with van der Waals surface area (Å²) in [4.78, 5) is 36.9. The number of ether oxygens (including phenoxy) is 1. The number of alkyl halides is 2. The van der Waals surface area contributed by atoms with E-state index in [0.717, 1.165) is 0 Å². The number of methoxy groups -OCH3 is 1. The van der Waals surface area contributed by atoms with Gasteiger partial charge in [-0.15, -0.1) is 10.2 Å². The van der Waals surface area contributed by atoms with Gasteiger partial charge in [-0.2, -0.15) is 8.78 Å². The maximum atomic E-state index is 13.7. The van der Waals surface area contributed by atoms with Crippen LogP contribution in [0.2, 0.25) is 0 Å². The van der Waals surface area contributed by atoms with E-state index < -0.39 is 23.6 Å². The molecule has 0 saturated carbocycles. The zero-order valence-corrected chi connectivity index (χ0v) is 20.1. The van der Waals surface area contributed by atoms with Gasteiger partial charge < -0.3 is 9.15 Å². The van der Waals surface area contributed by atoms with Crippen LogP contribution >= 0.6 is 0 Å². The fraction of sp³-hybridized carbons (Fsp3) is 0.231. The quantitative estimate of drug-likeness (QED) is 0.350. The van der Waals surface area contributed by atoms with Crippen molar-refractivity contribution < 1.29 is 27.5 Å². The number of aromatic nitrogens is 4. The summed E-state index contributed by atoms with van der Waals surface area (Å²) in [5, 5.41) is 6.91. The van der Waals surface area contributed by atoms with E-state index in [4.69, 9.17) is 9.15 Å². The average Bonchev–Trinajstić information content (AvgIpc) is 3.41. The van der Waals surface area contributed by atoms with Crippen molar-refractivity contribution in [1.29, 1.82) is 0 Å². The van der Waals surface area contributed by atoms with Crippen molar-refractivity contribution in [2.75, 3.05) is 7.11 Å². The molecule has 1 aliphatic rings. The van der Waals surface area contributed by atoms with Gasteiger partial charge in [-0.1, -0.05) is 18.2 Å². The standard InChI is InChI=1S/C26H21F2N5O4/c1-26(2)18-6-4-5-17(14-8-10-19(36-3)30-11-14)20(18)24(34)33(25(26)35)13-16-9-7-15(12-29-16)22-31-32-23(37-22)21(27)28/h4-12,21H,13H2,1-3H3. The molecular weight excluding hydrogens is 484 g/mol. The minimum atomic E-state index is -2.88. The molecule has 0 bridgehead atoms. The van der Waals surface area contributed by atoms with Crippen molar-refractivity contribution >= 4 is 11.8 Å². The number of nitrogens with zero attached hydrogens (tertiary/aromatic N) is 5. The van der Waals surface area contributed by atoms with Gasteiger partial charge in [0.1, 0.15) is 0 Å². The second-order valence-electron chi connectivity index (χ2n) is 8.92. The molecule has 4 heterocycles. The maximum Gasteiger partial charge on any atom is 0.314 e. The van der Waals surface area contributed by atoms with E-state index in [0.29, 0.717) is 39.4 Å². The number of carbonyl (C=O) groups excluding carboxylic acids is 2. The fourth-order valence-corrected chi connectivity index (χ4v) is 4.27. The Balaban J connectivity index is 1.48. The molecule has 0 spiro atoms. The first-order valence-corrected chi connectivity index (χ1v) is 11.3. The summed E-state index contributed by atoms with van der Waals surface area (Å²) in [6, 6.07) is 12.0. The first-order valence-electron chi connectivity index (χ1n) is 11.3. The number of benzene rings is 1. The van der Waals surface area contributed by atoms with E-state index in [1.165, 1.54) is 18.2 Å². The fourth-order valence-electron chi connectivity index (χ4n) is 4.27. The van der Waals surface area contributed by atoms with Gasteiger partial charge in [-0.25, -0.2) is 4.98 Å². The lowest BCUT2D eigenvalue weighted by molar-refractivity contribution is -0.134. The van der Waals surface area contributed by atoms with Crippen LogP contribution in [-0.4, -0.2) is 44.0 Å². The summed E-state index contributed by atoms with van der Waals surface area (Å²) in [6.45, 7) is 3.47. The molecule has 9 nitrogen and oxygen atoms in total. The highest BCUT2D eigenvalue weighted by Gasteiger charge is 2.45. The van der Waals surface area contributed by atoms with Gasteiger partial charge in [-0.3, -0.25) is 19.5 Å². The predicted molar refractivity (Wildman–Crippen MR) is 127 cm³/mol. The first-order chi connectivity index (χ1) is 17.7. The monoisotopic (exact) mass is 505 g/mol. The van der Waals surface area contributed by atoms with Crippen LogP contribution in [0.5, 0.6) is 5.88 Å². The lowest BCUT2D eigenvalue weighted by Gasteiger charge is -2.38. The SMILES string of the molecule is COc1ccc(-c2cccc3c2C(=O)N(Cc2ccc(-c4nnc(C(F)F)o4)cn2)C(=O)C3(C)C)cn1. The van der Waals surface area contributed by atoms with Gasteiger partial charge in [0.05, 0.1) is 35.9 Å². The highest BCUT2D eigenvalue weighted by Crippen LogP contribution is 2.40. The molecule has 0 atom stereocenters. The highest BCUT2D eigenvalue weighted by atomic mass is 19.3. The summed E-state index contributed by atoms with van der Waals surface area (Å²) in [5.74, 6) is -1.26. The molecule has 0 fully saturated rings. The Morgan fingerprint density at radius 1 is 1.00 bits per heavy atom. The Morgan fingerprint density at radius 2 is 1.76 bits per heavy atom. The molecule has 11 heteroatoms. The normalized spacial score (nSPS) is 14.7. The van der Waals surface area contributed by atoms with Gasteiger partial charge in [-0.05, 0) is 43.2 Å². The summed E-state index contributed by atoms with van der Waals surface area (Å²) >= 11 is 0. The van der Waals surface area contributed by atoms with E-state index in [1.807, 2.05) is 12.1 Å². The van der Waals surface area contributed by atoms with Crippen LogP contribution in [0.15, 0.2) is 59.3 Å². The molecule has 4 aromatic rings. The summed E-state index contributed by atoms with van der Waals surface area (Å²) in [7, 11) is 1.52. The Morgan fingerprint density at radius 3 is 2.38 bits per heavy atom. The molecule has 1 aromatic carbocycles. The van der Waals surface area contributed by atoms with Crippen LogP contribution < -0.4 is 4.74 Å². The topological polar surface area (TPSA) is 111 Å². The maximum absolute atomic E-state index is 13.7. The summed E-state index contributed by atoms with van der Waals surface area (Å²) < 4.78 is 35.6. The van der Waals surface area contributed by atoms with Crippen LogP contribution in [0.4, 0.5) is 8.78 Å². The van der Waals surface area contributed by atoms with Gasteiger partial charge in [0.25, 0.3) is 11.8 Å². The largest absolute Gasteiger partial charge is 0.481 e. The van der Waals surface area contributed by atoms with Gasteiger partial charge >= 0.3 is 6.43 Å². The van der Waals surface area contributed by atoms with Gasteiger partial charge in [0.2, 0.25) is 17.7 Å². The number of imide groups is 1. The zero-order valence-electron chi connectivity index (χ0n) is 20.1. The number of carbonyl (C=O) groups is 2. The molecule has 0 unspecified atom stereocenters. The number of pyridine rings is 2. The second-order valence-corrected chi connectivity index (χ2v) is 8.92. The Labute approximate surface area is 210 Å². The van der Waals surface area contributed by atoms with Crippen LogP contribution in [0, 0.1) is 0 Å². The number of rotatable bonds is 6. The molecule has 5 rings (SSSR count). The molecule has 0 radical (unpaired) electrons. The van der Waals surface area contributed by atoms with Crippen LogP contribution in [0.1, 0.15) is 47.8 Å². The number of fused-ring (bicyclic) bond motifs is 1. The first kappa shape index (κ1) is 24.2. The van der Waals surface area contributed by atoms with Crippen molar-refractivity contribution in [2.24, 2.45) is 0 Å². The van der Waals surface area contributed by atoms with Crippen LogP contribution in [-0.2, 0) is 16.8 Å². The number of halogens is 2. The lowest BCUT2D eigenvalue weighted by Crippen LogP contribution is -2.51. The van der Waals surface area contributed by atoms with Gasteiger partial charge in [0.15, 0.2) is 0 Å².